The van der Waals surface area contributed by atoms with Crippen molar-refractivity contribution in [2.75, 3.05) is 40.2 Å². The third-order valence-electron chi connectivity index (χ3n) is 7.56. The largest absolute Gasteiger partial charge is 0.528 e. The van der Waals surface area contributed by atoms with Gasteiger partial charge in [-0.3, -0.25) is 9.59 Å². The Balaban J connectivity index is 1.28. The van der Waals surface area contributed by atoms with Gasteiger partial charge in [-0.2, -0.15) is 0 Å². The van der Waals surface area contributed by atoms with Gasteiger partial charge < -0.3 is 38.6 Å². The van der Waals surface area contributed by atoms with E-state index < -0.39 is 35.8 Å². The van der Waals surface area contributed by atoms with E-state index in [1.807, 2.05) is 0 Å². The van der Waals surface area contributed by atoms with Crippen LogP contribution in [-0.4, -0.2) is 86.8 Å². The molecular weight excluding hydrogens is 636 g/mol. The van der Waals surface area contributed by atoms with Crippen molar-refractivity contribution in [3.05, 3.63) is 89.0 Å². The molecule has 0 spiro atoms. The maximum atomic E-state index is 13.4. The second kappa shape index (κ2) is 15.8. The number of ether oxygens (including phenoxy) is 6. The Morgan fingerprint density at radius 3 is 2.20 bits per heavy atom. The number of nitrogens with one attached hydrogen (secondary N) is 1. The highest BCUT2D eigenvalue weighted by Crippen LogP contribution is 2.31. The molecule has 2 aliphatic heterocycles. The molecule has 13 nitrogen and oxygen atoms in total. The first-order valence-electron chi connectivity index (χ1n) is 15.9. The van der Waals surface area contributed by atoms with Gasteiger partial charge in [0.05, 0.1) is 18.2 Å². The van der Waals surface area contributed by atoms with Gasteiger partial charge in [0.15, 0.2) is 24.1 Å². The molecule has 49 heavy (non-hydrogen) atoms. The molecule has 3 aromatic rings. The quantitative estimate of drug-likeness (QED) is 0.176. The number of methoxy groups -OCH3 is 1. The molecule has 260 valence electrons. The SMILES string of the molecule is COCOc1ccc(C(=O)N[C@@H]2CN(OC(=O)OC(C)(C)C)CCC[C@H]2OC(=O)c2ccc(C(=O)c3ccc4c(c3)OCCO4)cc2)cc1. The molecule has 0 saturated carbocycles. The van der Waals surface area contributed by atoms with Crippen molar-refractivity contribution in [1.82, 2.24) is 10.4 Å². The van der Waals surface area contributed by atoms with E-state index in [1.165, 1.54) is 24.3 Å². The monoisotopic (exact) mass is 676 g/mol. The molecule has 0 unspecified atom stereocenters. The van der Waals surface area contributed by atoms with Crippen molar-refractivity contribution in [1.29, 1.82) is 0 Å². The lowest BCUT2D eigenvalue weighted by atomic mass is 10.0. The summed E-state index contributed by atoms with van der Waals surface area (Å²) in [5.41, 5.74) is 0.601. The molecule has 5 rings (SSSR count). The van der Waals surface area contributed by atoms with E-state index in [0.717, 1.165) is 0 Å². The fourth-order valence-corrected chi connectivity index (χ4v) is 5.23. The molecule has 13 heteroatoms. The summed E-state index contributed by atoms with van der Waals surface area (Å²) in [5.74, 6) is 0.306. The Bertz CT molecular complexity index is 1630. The summed E-state index contributed by atoms with van der Waals surface area (Å²) in [6, 6.07) is 16.8. The lowest BCUT2D eigenvalue weighted by Crippen LogP contribution is -2.50. The third kappa shape index (κ3) is 9.71. The average molecular weight is 677 g/mol. The topological polar surface area (TPSA) is 148 Å². The normalized spacial score (nSPS) is 17.6. The zero-order chi connectivity index (χ0) is 35.0. The number of fused-ring (bicyclic) bond motifs is 1. The van der Waals surface area contributed by atoms with Crippen LogP contribution in [0.4, 0.5) is 4.79 Å². The summed E-state index contributed by atoms with van der Waals surface area (Å²) in [7, 11) is 1.51. The fraction of sp³-hybridized carbons (Fsp3) is 0.389. The summed E-state index contributed by atoms with van der Waals surface area (Å²) in [6.07, 6.45) is -0.797. The molecule has 1 amide bonds. The van der Waals surface area contributed by atoms with Gasteiger partial charge in [0.2, 0.25) is 0 Å². The highest BCUT2D eigenvalue weighted by atomic mass is 16.8. The number of ketones is 1. The molecule has 2 atom stereocenters. The Morgan fingerprint density at radius 2 is 1.51 bits per heavy atom. The van der Waals surface area contributed by atoms with Gasteiger partial charge in [-0.15, -0.1) is 5.06 Å². The van der Waals surface area contributed by atoms with Crippen molar-refractivity contribution in [3.63, 3.8) is 0 Å². The minimum atomic E-state index is -0.884. The van der Waals surface area contributed by atoms with Crippen LogP contribution >= 0.6 is 0 Å². The Morgan fingerprint density at radius 1 is 0.857 bits per heavy atom. The number of carbonyl (C=O) groups excluding carboxylic acids is 4. The number of carbonyl (C=O) groups is 4. The fourth-order valence-electron chi connectivity index (χ4n) is 5.23. The minimum Gasteiger partial charge on any atom is -0.486 e. The van der Waals surface area contributed by atoms with E-state index in [1.54, 1.807) is 75.4 Å². The molecular formula is C36H40N2O11. The van der Waals surface area contributed by atoms with Gasteiger partial charge in [0.25, 0.3) is 5.91 Å². The van der Waals surface area contributed by atoms with Crippen LogP contribution in [0.1, 0.15) is 70.3 Å². The molecule has 2 heterocycles. The first-order valence-corrected chi connectivity index (χ1v) is 15.9. The van der Waals surface area contributed by atoms with Crippen molar-refractivity contribution >= 4 is 23.8 Å². The third-order valence-corrected chi connectivity index (χ3v) is 7.56. The van der Waals surface area contributed by atoms with Crippen molar-refractivity contribution in [2.24, 2.45) is 0 Å². The number of hydrogen-bond acceptors (Lipinski definition) is 12. The zero-order valence-electron chi connectivity index (χ0n) is 27.9. The number of rotatable bonds is 10. The smallest absolute Gasteiger partial charge is 0.486 e. The van der Waals surface area contributed by atoms with Crippen molar-refractivity contribution in [3.8, 4) is 17.2 Å². The lowest BCUT2D eigenvalue weighted by molar-refractivity contribution is -0.144. The van der Waals surface area contributed by atoms with E-state index in [9.17, 15) is 19.2 Å². The number of benzene rings is 3. The number of hydrogen-bond donors (Lipinski definition) is 1. The summed E-state index contributed by atoms with van der Waals surface area (Å²) in [4.78, 5) is 57.8. The molecule has 2 aliphatic rings. The maximum absolute atomic E-state index is 13.4. The summed E-state index contributed by atoms with van der Waals surface area (Å²) in [6.45, 7) is 6.43. The van der Waals surface area contributed by atoms with Gasteiger partial charge in [-0.05, 0) is 88.2 Å². The molecule has 1 fully saturated rings. The molecule has 1 saturated heterocycles. The summed E-state index contributed by atoms with van der Waals surface area (Å²) < 4.78 is 32.7. The predicted octanol–water partition coefficient (Wildman–Crippen LogP) is 4.96. The van der Waals surface area contributed by atoms with Crippen molar-refractivity contribution in [2.45, 2.75) is 51.4 Å². The lowest BCUT2D eigenvalue weighted by Gasteiger charge is -2.29. The van der Waals surface area contributed by atoms with Crippen LogP contribution < -0.4 is 19.5 Å². The Hall–Kier alpha value is -5.14. The number of esters is 1. The van der Waals surface area contributed by atoms with E-state index in [-0.39, 0.29) is 24.7 Å². The summed E-state index contributed by atoms with van der Waals surface area (Å²) in [5, 5.41) is 4.34. The second-order valence-corrected chi connectivity index (χ2v) is 12.4. The minimum absolute atomic E-state index is 0.0287. The zero-order valence-corrected chi connectivity index (χ0v) is 27.9. The molecule has 1 N–H and O–H groups in total. The molecule has 0 radical (unpaired) electrons. The van der Waals surface area contributed by atoms with Crippen LogP contribution in [0.25, 0.3) is 0 Å². The first kappa shape index (κ1) is 35.2. The highest BCUT2D eigenvalue weighted by molar-refractivity contribution is 6.09. The van der Waals surface area contributed by atoms with Gasteiger partial charge in [0.1, 0.15) is 30.7 Å². The Kier molecular flexibility index (Phi) is 11.4. The highest BCUT2D eigenvalue weighted by Gasteiger charge is 2.34. The molecule has 0 aromatic heterocycles. The van der Waals surface area contributed by atoms with E-state index in [2.05, 4.69) is 5.32 Å². The van der Waals surface area contributed by atoms with E-state index >= 15 is 0 Å². The number of hydroxylamine groups is 2. The molecule has 3 aromatic carbocycles. The Labute approximate surface area is 284 Å². The van der Waals surface area contributed by atoms with Crippen LogP contribution in [0.5, 0.6) is 17.2 Å². The van der Waals surface area contributed by atoms with Crippen LogP contribution in [0, 0.1) is 0 Å². The van der Waals surface area contributed by atoms with Gasteiger partial charge in [-0.25, -0.2) is 9.59 Å². The maximum Gasteiger partial charge on any atom is 0.528 e. The number of nitrogens with zero attached hydrogens (tertiary/aromatic N) is 1. The van der Waals surface area contributed by atoms with Crippen LogP contribution in [-0.2, 0) is 19.0 Å². The van der Waals surface area contributed by atoms with Crippen LogP contribution in [0.15, 0.2) is 66.7 Å². The van der Waals surface area contributed by atoms with Gasteiger partial charge in [-0.1, -0.05) is 12.1 Å². The van der Waals surface area contributed by atoms with E-state index in [0.29, 0.717) is 66.5 Å². The molecule has 0 bridgehead atoms. The van der Waals surface area contributed by atoms with Gasteiger partial charge in [0, 0.05) is 30.3 Å². The predicted molar refractivity (Wildman–Crippen MR) is 175 cm³/mol. The second-order valence-electron chi connectivity index (χ2n) is 12.4. The average Bonchev–Trinajstić information content (AvgIpc) is 3.26. The first-order chi connectivity index (χ1) is 23.5. The van der Waals surface area contributed by atoms with Crippen molar-refractivity contribution < 1.29 is 52.4 Å². The van der Waals surface area contributed by atoms with Gasteiger partial charge >= 0.3 is 12.1 Å². The molecule has 0 aliphatic carbocycles. The standard InChI is InChI=1S/C36H40N2O11/c1-36(2,3)48-35(42)49-38-17-5-6-29(28(21-38)37-33(40)24-11-14-27(15-12-24)46-22-43-4)47-34(41)25-9-7-23(8-10-25)32(39)26-13-16-30-31(20-26)45-19-18-44-30/h7-16,20,28-29H,5-6,17-19,21-22H2,1-4H3,(H,37,40)/t28-,29-/m1/s1. The summed E-state index contributed by atoms with van der Waals surface area (Å²) >= 11 is 0. The van der Waals surface area contributed by atoms with Crippen LogP contribution in [0.3, 0.4) is 0 Å². The van der Waals surface area contributed by atoms with E-state index in [4.69, 9.17) is 33.3 Å². The van der Waals surface area contributed by atoms with Crippen LogP contribution in [0.2, 0.25) is 0 Å². The number of amides is 1.